The van der Waals surface area contributed by atoms with Gasteiger partial charge in [0.15, 0.2) is 0 Å². The third-order valence-corrected chi connectivity index (χ3v) is 6.35. The Morgan fingerprint density at radius 3 is 2.21 bits per heavy atom. The van der Waals surface area contributed by atoms with Gasteiger partial charge in [0.25, 0.3) is 5.56 Å². The van der Waals surface area contributed by atoms with E-state index in [1.54, 1.807) is 11.7 Å². The Balaban J connectivity index is 1.74. The van der Waals surface area contributed by atoms with Crippen LogP contribution in [0.25, 0.3) is 11.4 Å². The van der Waals surface area contributed by atoms with Gasteiger partial charge in [0.2, 0.25) is 0 Å². The summed E-state index contributed by atoms with van der Waals surface area (Å²) in [7, 11) is 1.64. The Morgan fingerprint density at radius 1 is 0.853 bits per heavy atom. The molecule has 4 aromatic rings. The van der Waals surface area contributed by atoms with Gasteiger partial charge >= 0.3 is 0 Å². The van der Waals surface area contributed by atoms with Crippen LogP contribution in [0.4, 0.5) is 0 Å². The summed E-state index contributed by atoms with van der Waals surface area (Å²) < 4.78 is 13.6. The molecule has 3 aromatic carbocycles. The summed E-state index contributed by atoms with van der Waals surface area (Å²) in [6.07, 6.45) is 1.25. The fraction of sp³-hybridized carbons (Fsp3) is 0.214. The number of ether oxygens (including phenoxy) is 2. The molecule has 34 heavy (non-hydrogen) atoms. The summed E-state index contributed by atoms with van der Waals surface area (Å²) >= 11 is 3.49. The summed E-state index contributed by atoms with van der Waals surface area (Å²) in [6, 6.07) is 27.9. The molecule has 0 amide bonds. The molecule has 0 spiro atoms. The van der Waals surface area contributed by atoms with Gasteiger partial charge in [0, 0.05) is 20.1 Å². The van der Waals surface area contributed by atoms with E-state index in [0.29, 0.717) is 54.3 Å². The van der Waals surface area contributed by atoms with Gasteiger partial charge in [-0.05, 0) is 45.6 Å². The van der Waals surface area contributed by atoms with Crippen LogP contribution in [0, 0.1) is 0 Å². The highest BCUT2D eigenvalue weighted by molar-refractivity contribution is 9.10. The van der Waals surface area contributed by atoms with Crippen molar-refractivity contribution in [1.82, 2.24) is 9.55 Å². The van der Waals surface area contributed by atoms with Crippen molar-refractivity contribution in [3.05, 3.63) is 117 Å². The zero-order chi connectivity index (χ0) is 23.8. The molecule has 1 heterocycles. The lowest BCUT2D eigenvalue weighted by Crippen LogP contribution is -2.27. The monoisotopic (exact) mass is 518 g/mol. The van der Waals surface area contributed by atoms with Crippen molar-refractivity contribution >= 4 is 15.9 Å². The first-order valence-electron chi connectivity index (χ1n) is 11.3. The zero-order valence-electron chi connectivity index (χ0n) is 19.1. The zero-order valence-corrected chi connectivity index (χ0v) is 20.7. The molecule has 0 unspecified atom stereocenters. The molecule has 0 N–H and O–H groups in total. The average Bonchev–Trinajstić information content (AvgIpc) is 2.89. The lowest BCUT2D eigenvalue weighted by atomic mass is 10.1. The molecular weight excluding hydrogens is 492 g/mol. The van der Waals surface area contributed by atoms with Crippen LogP contribution in [0.5, 0.6) is 5.75 Å². The molecule has 0 fully saturated rings. The normalized spacial score (nSPS) is 10.9. The molecule has 0 atom stereocenters. The van der Waals surface area contributed by atoms with Crippen molar-refractivity contribution in [2.24, 2.45) is 0 Å². The third-order valence-electron chi connectivity index (χ3n) is 5.56. The maximum Gasteiger partial charge on any atom is 0.268 e. The highest BCUT2D eigenvalue weighted by Gasteiger charge is 2.19. The standard InChI is InChI=1S/C28H27BrN2O3/c1-33-19-17-24-26(29)28(32)31(18-16-21-10-4-2-5-11-21)27(30-24)23-14-8-9-15-25(23)34-20-22-12-6-3-7-13-22/h2-15H,16-20H2,1H3. The Hall–Kier alpha value is -3.22. The number of halogens is 1. The van der Waals surface area contributed by atoms with E-state index in [2.05, 4.69) is 28.1 Å². The maximum absolute atomic E-state index is 13.5. The molecule has 0 saturated carbocycles. The summed E-state index contributed by atoms with van der Waals surface area (Å²) in [6.45, 7) is 1.41. The number of hydrogen-bond acceptors (Lipinski definition) is 4. The number of rotatable bonds is 10. The molecule has 0 aliphatic carbocycles. The lowest BCUT2D eigenvalue weighted by Gasteiger charge is -2.18. The smallest absolute Gasteiger partial charge is 0.268 e. The topological polar surface area (TPSA) is 53.4 Å². The van der Waals surface area contributed by atoms with Gasteiger partial charge in [-0.2, -0.15) is 0 Å². The predicted molar refractivity (Wildman–Crippen MR) is 138 cm³/mol. The highest BCUT2D eigenvalue weighted by atomic mass is 79.9. The SMILES string of the molecule is COCCc1nc(-c2ccccc2OCc2ccccc2)n(CCc2ccccc2)c(=O)c1Br. The average molecular weight is 519 g/mol. The van der Waals surface area contributed by atoms with E-state index in [4.69, 9.17) is 14.5 Å². The Kier molecular flexibility index (Phi) is 8.28. The van der Waals surface area contributed by atoms with E-state index in [-0.39, 0.29) is 5.56 Å². The fourth-order valence-corrected chi connectivity index (χ4v) is 4.25. The summed E-state index contributed by atoms with van der Waals surface area (Å²) in [5, 5.41) is 0. The Labute approximate surface area is 208 Å². The van der Waals surface area contributed by atoms with Crippen LogP contribution < -0.4 is 10.3 Å². The number of para-hydroxylation sites is 1. The van der Waals surface area contributed by atoms with Crippen molar-refractivity contribution in [2.75, 3.05) is 13.7 Å². The first kappa shape index (κ1) is 23.9. The van der Waals surface area contributed by atoms with Crippen LogP contribution in [0.3, 0.4) is 0 Å². The van der Waals surface area contributed by atoms with Gasteiger partial charge in [0.1, 0.15) is 22.7 Å². The molecule has 0 saturated heterocycles. The second-order valence-electron chi connectivity index (χ2n) is 7.90. The fourth-order valence-electron chi connectivity index (χ4n) is 3.75. The second-order valence-corrected chi connectivity index (χ2v) is 8.69. The molecule has 0 radical (unpaired) electrons. The van der Waals surface area contributed by atoms with E-state index in [9.17, 15) is 4.79 Å². The van der Waals surface area contributed by atoms with Gasteiger partial charge in [-0.3, -0.25) is 9.36 Å². The van der Waals surface area contributed by atoms with Crippen LogP contribution in [-0.2, 0) is 30.7 Å². The lowest BCUT2D eigenvalue weighted by molar-refractivity contribution is 0.201. The minimum absolute atomic E-state index is 0.107. The number of aromatic nitrogens is 2. The van der Waals surface area contributed by atoms with Gasteiger partial charge in [-0.15, -0.1) is 0 Å². The molecule has 0 aliphatic heterocycles. The number of methoxy groups -OCH3 is 1. The Bertz CT molecular complexity index is 1270. The molecule has 5 nitrogen and oxygen atoms in total. The van der Waals surface area contributed by atoms with Gasteiger partial charge < -0.3 is 9.47 Å². The van der Waals surface area contributed by atoms with Crippen molar-refractivity contribution in [2.45, 2.75) is 26.0 Å². The minimum Gasteiger partial charge on any atom is -0.488 e. The molecule has 174 valence electrons. The predicted octanol–water partition coefficient (Wildman–Crippen LogP) is 5.68. The molecule has 0 bridgehead atoms. The number of aryl methyl sites for hydroxylation is 1. The first-order chi connectivity index (χ1) is 16.7. The van der Waals surface area contributed by atoms with Crippen LogP contribution in [0.2, 0.25) is 0 Å². The third kappa shape index (κ3) is 5.82. The molecule has 1 aromatic heterocycles. The molecule has 6 heteroatoms. The van der Waals surface area contributed by atoms with Crippen molar-refractivity contribution in [3.8, 4) is 17.1 Å². The van der Waals surface area contributed by atoms with E-state index in [0.717, 1.165) is 16.7 Å². The van der Waals surface area contributed by atoms with Crippen LogP contribution >= 0.6 is 15.9 Å². The largest absolute Gasteiger partial charge is 0.488 e. The summed E-state index contributed by atoms with van der Waals surface area (Å²) in [5.41, 5.74) is 3.59. The van der Waals surface area contributed by atoms with Crippen molar-refractivity contribution < 1.29 is 9.47 Å². The van der Waals surface area contributed by atoms with Crippen LogP contribution in [-0.4, -0.2) is 23.3 Å². The van der Waals surface area contributed by atoms with E-state index >= 15 is 0 Å². The maximum atomic E-state index is 13.5. The number of nitrogens with zero attached hydrogens (tertiary/aromatic N) is 2. The highest BCUT2D eigenvalue weighted by Crippen LogP contribution is 2.30. The van der Waals surface area contributed by atoms with Crippen LogP contribution in [0.1, 0.15) is 16.8 Å². The van der Waals surface area contributed by atoms with E-state index in [1.165, 1.54) is 0 Å². The summed E-state index contributed by atoms with van der Waals surface area (Å²) in [5.74, 6) is 1.28. The Morgan fingerprint density at radius 2 is 1.50 bits per heavy atom. The molecular formula is C28H27BrN2O3. The van der Waals surface area contributed by atoms with Crippen LogP contribution in [0.15, 0.2) is 94.2 Å². The van der Waals surface area contributed by atoms with Crippen molar-refractivity contribution in [3.63, 3.8) is 0 Å². The number of benzene rings is 3. The van der Waals surface area contributed by atoms with Gasteiger partial charge in [-0.25, -0.2) is 4.98 Å². The molecule has 0 aliphatic rings. The van der Waals surface area contributed by atoms with E-state index < -0.39 is 0 Å². The van der Waals surface area contributed by atoms with E-state index in [1.807, 2.05) is 72.8 Å². The number of hydrogen-bond donors (Lipinski definition) is 0. The van der Waals surface area contributed by atoms with Gasteiger partial charge in [0.05, 0.1) is 17.9 Å². The quantitative estimate of drug-likeness (QED) is 0.271. The van der Waals surface area contributed by atoms with Crippen molar-refractivity contribution in [1.29, 1.82) is 0 Å². The first-order valence-corrected chi connectivity index (χ1v) is 12.0. The second kappa shape index (κ2) is 11.8. The molecule has 4 rings (SSSR count). The minimum atomic E-state index is -0.107. The van der Waals surface area contributed by atoms with Gasteiger partial charge in [-0.1, -0.05) is 72.8 Å². The summed E-state index contributed by atoms with van der Waals surface area (Å²) in [4.78, 5) is 18.4.